The summed E-state index contributed by atoms with van der Waals surface area (Å²) in [4.78, 5) is 36.9. The van der Waals surface area contributed by atoms with E-state index in [1.54, 1.807) is 31.2 Å². The fourth-order valence-corrected chi connectivity index (χ4v) is 3.39. The molecule has 1 aliphatic rings. The van der Waals surface area contributed by atoms with Crippen LogP contribution in [-0.4, -0.2) is 59.7 Å². The smallest absolute Gasteiger partial charge is 0.256 e. The number of imidazole rings is 1. The molecule has 30 heavy (non-hydrogen) atoms. The van der Waals surface area contributed by atoms with E-state index in [4.69, 9.17) is 10.5 Å². The Morgan fingerprint density at radius 3 is 2.73 bits per heavy atom. The van der Waals surface area contributed by atoms with Crippen LogP contribution in [-0.2, 0) is 9.53 Å². The van der Waals surface area contributed by atoms with Crippen LogP contribution in [0.2, 0.25) is 0 Å². The number of hydrogen-bond acceptors (Lipinski definition) is 9. The molecule has 4 rings (SSSR count). The topological polar surface area (TPSA) is 165 Å². The third kappa shape index (κ3) is 3.28. The Bertz CT molecular complexity index is 1120. The molecule has 3 aromatic rings. The molecule has 1 aliphatic heterocycles. The van der Waals surface area contributed by atoms with Crippen LogP contribution in [0.4, 0.5) is 11.5 Å². The molecule has 1 fully saturated rings. The second-order valence-electron chi connectivity index (χ2n) is 6.82. The molecule has 5 N–H and O–H groups in total. The van der Waals surface area contributed by atoms with Gasteiger partial charge in [-0.2, -0.15) is 0 Å². The van der Waals surface area contributed by atoms with E-state index in [0.29, 0.717) is 22.4 Å². The van der Waals surface area contributed by atoms with Crippen LogP contribution in [0.5, 0.6) is 0 Å². The highest BCUT2D eigenvalue weighted by atomic mass is 16.6. The number of ketones is 1. The number of carbonyl (C=O) groups is 2. The molecule has 3 heterocycles. The normalized spacial score (nSPS) is 23.6. The van der Waals surface area contributed by atoms with Gasteiger partial charge >= 0.3 is 0 Å². The second kappa shape index (κ2) is 7.78. The van der Waals surface area contributed by atoms with Crippen molar-refractivity contribution in [1.82, 2.24) is 19.5 Å². The average Bonchev–Trinajstić information content (AvgIpc) is 3.30. The number of benzene rings is 1. The van der Waals surface area contributed by atoms with Gasteiger partial charge < -0.3 is 26.0 Å². The van der Waals surface area contributed by atoms with Crippen molar-refractivity contribution in [2.45, 2.75) is 37.9 Å². The molecular weight excluding hydrogens is 392 g/mol. The largest absolute Gasteiger partial charge is 0.387 e. The van der Waals surface area contributed by atoms with Crippen molar-refractivity contribution in [1.29, 1.82) is 0 Å². The second-order valence-corrected chi connectivity index (χ2v) is 6.82. The van der Waals surface area contributed by atoms with E-state index in [1.807, 2.05) is 0 Å². The van der Waals surface area contributed by atoms with Gasteiger partial charge in [0.25, 0.3) is 5.91 Å². The minimum absolute atomic E-state index is 0.140. The number of nitrogens with two attached hydrogens (primary N) is 1. The number of Topliss-reactive ketones (excluding diaryl/α,β-unsaturated/α-hetero) is 1. The van der Waals surface area contributed by atoms with Crippen LogP contribution in [0.1, 0.15) is 29.9 Å². The number of carbonyl (C=O) groups excluding carboxylic acids is 2. The number of fused-ring (bicyclic) bond motifs is 1. The summed E-state index contributed by atoms with van der Waals surface area (Å²) in [7, 11) is 0. The lowest BCUT2D eigenvalue weighted by molar-refractivity contribution is -0.132. The van der Waals surface area contributed by atoms with E-state index in [0.717, 1.165) is 0 Å². The molecule has 11 nitrogen and oxygen atoms in total. The fourth-order valence-electron chi connectivity index (χ4n) is 3.39. The molecular formula is C19H20N6O5. The number of nitrogen functional groups attached to an aromatic ring is 1. The first-order valence-electron chi connectivity index (χ1n) is 9.30. The van der Waals surface area contributed by atoms with E-state index >= 15 is 0 Å². The van der Waals surface area contributed by atoms with E-state index in [1.165, 1.54) is 17.2 Å². The van der Waals surface area contributed by atoms with Crippen LogP contribution in [0.15, 0.2) is 36.9 Å². The number of hydrogen-bond donors (Lipinski definition) is 4. The first kappa shape index (κ1) is 19.9. The summed E-state index contributed by atoms with van der Waals surface area (Å²) < 4.78 is 7.04. The number of para-hydroxylation sites is 1. The lowest BCUT2D eigenvalue weighted by Crippen LogP contribution is -2.39. The first-order valence-corrected chi connectivity index (χ1v) is 9.30. The van der Waals surface area contributed by atoms with Crippen LogP contribution in [0.25, 0.3) is 11.2 Å². The summed E-state index contributed by atoms with van der Waals surface area (Å²) in [6.07, 6.45) is -2.60. The van der Waals surface area contributed by atoms with Gasteiger partial charge in [-0.05, 0) is 12.1 Å². The van der Waals surface area contributed by atoms with Gasteiger partial charge in [0.15, 0.2) is 29.6 Å². The Hall–Kier alpha value is -3.41. The van der Waals surface area contributed by atoms with Gasteiger partial charge in [-0.1, -0.05) is 19.1 Å². The van der Waals surface area contributed by atoms with E-state index in [-0.39, 0.29) is 18.0 Å². The lowest BCUT2D eigenvalue weighted by atomic mass is 10.1. The molecule has 0 spiro atoms. The van der Waals surface area contributed by atoms with Gasteiger partial charge in [-0.15, -0.1) is 0 Å². The number of nitrogens with zero attached hydrogens (tertiary/aromatic N) is 4. The van der Waals surface area contributed by atoms with Crippen molar-refractivity contribution in [3.63, 3.8) is 0 Å². The highest BCUT2D eigenvalue weighted by Crippen LogP contribution is 2.32. The average molecular weight is 412 g/mol. The van der Waals surface area contributed by atoms with Gasteiger partial charge in [0.2, 0.25) is 0 Å². The van der Waals surface area contributed by atoms with Crippen LogP contribution < -0.4 is 11.1 Å². The Labute approximate surface area is 170 Å². The SMILES string of the molecule is CCC(=O)c1ccccc1NC(=O)[C@H]1OC(n2cnc3c(N)ncnc32)[C@H](O)[C@@H]1O. The maximum atomic E-state index is 12.8. The Kier molecular flexibility index (Phi) is 5.16. The van der Waals surface area contributed by atoms with Crippen molar-refractivity contribution in [2.75, 3.05) is 11.1 Å². The zero-order valence-electron chi connectivity index (χ0n) is 16.0. The molecule has 1 unspecified atom stereocenters. The Morgan fingerprint density at radius 1 is 1.20 bits per heavy atom. The highest BCUT2D eigenvalue weighted by molar-refractivity contribution is 6.05. The molecule has 0 saturated carbocycles. The van der Waals surface area contributed by atoms with Crippen molar-refractivity contribution >= 4 is 34.4 Å². The zero-order valence-corrected chi connectivity index (χ0v) is 16.0. The predicted octanol–water partition coefficient (Wildman–Crippen LogP) is 0.259. The maximum absolute atomic E-state index is 12.8. The fraction of sp³-hybridized carbons (Fsp3) is 0.316. The molecule has 0 bridgehead atoms. The number of anilines is 2. The summed E-state index contributed by atoms with van der Waals surface area (Å²) in [5.74, 6) is -0.684. The van der Waals surface area contributed by atoms with Gasteiger partial charge in [0.1, 0.15) is 24.1 Å². The van der Waals surface area contributed by atoms with Crippen LogP contribution in [0.3, 0.4) is 0 Å². The molecule has 0 radical (unpaired) electrons. The van der Waals surface area contributed by atoms with E-state index < -0.39 is 30.4 Å². The number of aromatic nitrogens is 4. The standard InChI is InChI=1S/C19H20N6O5/c1-2-11(26)9-5-3-4-6-10(9)24-18(29)15-13(27)14(28)19(30-15)25-8-23-12-16(20)21-7-22-17(12)25/h3-8,13-15,19,27-28H,2H2,1H3,(H,24,29)(H2,20,21,22)/t13-,14+,15-,19?/m0/s1. The Morgan fingerprint density at radius 2 is 1.97 bits per heavy atom. The minimum atomic E-state index is -1.51. The van der Waals surface area contributed by atoms with Crippen LogP contribution in [0, 0.1) is 0 Å². The van der Waals surface area contributed by atoms with E-state index in [9.17, 15) is 19.8 Å². The molecule has 0 aliphatic carbocycles. The molecule has 1 saturated heterocycles. The third-order valence-electron chi connectivity index (χ3n) is 4.96. The number of aliphatic hydroxyl groups is 2. The van der Waals surface area contributed by atoms with Crippen molar-refractivity contribution in [3.8, 4) is 0 Å². The maximum Gasteiger partial charge on any atom is 0.256 e. The number of rotatable bonds is 5. The molecule has 1 amide bonds. The highest BCUT2D eigenvalue weighted by Gasteiger charge is 2.48. The molecule has 11 heteroatoms. The number of ether oxygens (including phenoxy) is 1. The summed E-state index contributed by atoms with van der Waals surface area (Å²) in [6, 6.07) is 6.55. The van der Waals surface area contributed by atoms with Gasteiger partial charge in [-0.3, -0.25) is 14.2 Å². The zero-order chi connectivity index (χ0) is 21.4. The Balaban J connectivity index is 1.58. The van der Waals surface area contributed by atoms with Crippen molar-refractivity contribution in [3.05, 3.63) is 42.5 Å². The number of amides is 1. The molecule has 2 aromatic heterocycles. The van der Waals surface area contributed by atoms with Crippen LogP contribution >= 0.6 is 0 Å². The summed E-state index contributed by atoms with van der Waals surface area (Å²) in [5, 5.41) is 23.5. The summed E-state index contributed by atoms with van der Waals surface area (Å²) >= 11 is 0. The first-order chi connectivity index (χ1) is 14.4. The third-order valence-corrected chi connectivity index (χ3v) is 4.96. The monoisotopic (exact) mass is 412 g/mol. The summed E-state index contributed by atoms with van der Waals surface area (Å²) in [6.45, 7) is 1.72. The molecule has 1 aromatic carbocycles. The lowest BCUT2D eigenvalue weighted by Gasteiger charge is -2.16. The molecule has 156 valence electrons. The minimum Gasteiger partial charge on any atom is -0.387 e. The van der Waals surface area contributed by atoms with Gasteiger partial charge in [0.05, 0.1) is 12.0 Å². The number of aliphatic hydroxyl groups excluding tert-OH is 2. The quantitative estimate of drug-likeness (QED) is 0.430. The predicted molar refractivity (Wildman–Crippen MR) is 105 cm³/mol. The molecule has 4 atom stereocenters. The van der Waals surface area contributed by atoms with Crippen molar-refractivity contribution < 1.29 is 24.5 Å². The van der Waals surface area contributed by atoms with Gasteiger partial charge in [-0.25, -0.2) is 15.0 Å². The van der Waals surface area contributed by atoms with E-state index in [2.05, 4.69) is 20.3 Å². The summed E-state index contributed by atoms with van der Waals surface area (Å²) in [5.41, 5.74) is 7.02. The number of nitrogens with one attached hydrogen (secondary N) is 1. The van der Waals surface area contributed by atoms with Gasteiger partial charge in [0, 0.05) is 12.0 Å². The van der Waals surface area contributed by atoms with Crippen molar-refractivity contribution in [2.24, 2.45) is 0 Å².